The van der Waals surface area contributed by atoms with Gasteiger partial charge in [-0.15, -0.1) is 5.10 Å². The molecule has 1 aliphatic heterocycles. The number of hydrogen-bond acceptors (Lipinski definition) is 9. The number of fused-ring (bicyclic) bond motifs is 5. The summed E-state index contributed by atoms with van der Waals surface area (Å²) in [6.07, 6.45) is 0.563. The molecule has 1 aromatic heterocycles. The smallest absolute Gasteiger partial charge is 0.227 e. The van der Waals surface area contributed by atoms with Crippen molar-refractivity contribution in [3.8, 4) is 22.5 Å². The van der Waals surface area contributed by atoms with Gasteiger partial charge in [-0.05, 0) is 25.5 Å². The van der Waals surface area contributed by atoms with Gasteiger partial charge in [0.1, 0.15) is 11.5 Å². The number of nitrogens with one attached hydrogen (secondary N) is 1. The molecule has 12 heteroatoms. The molecule has 0 fully saturated rings. The van der Waals surface area contributed by atoms with E-state index in [1.807, 2.05) is 67.1 Å². The number of ether oxygens (including phenoxy) is 4. The van der Waals surface area contributed by atoms with E-state index in [2.05, 4.69) is 29.5 Å². The Kier molecular flexibility index (Phi) is 14.7. The van der Waals surface area contributed by atoms with Gasteiger partial charge in [0.25, 0.3) is 0 Å². The Morgan fingerprint density at radius 2 is 1.35 bits per heavy atom. The summed E-state index contributed by atoms with van der Waals surface area (Å²) in [5.74, 6) is -0.113. The number of anilines is 1. The van der Waals surface area contributed by atoms with Crippen LogP contribution in [0.25, 0.3) is 22.5 Å². The highest BCUT2D eigenvalue weighted by Crippen LogP contribution is 2.41. The molecule has 0 aliphatic carbocycles. The van der Waals surface area contributed by atoms with Crippen LogP contribution in [0.3, 0.4) is 0 Å². The summed E-state index contributed by atoms with van der Waals surface area (Å²) in [5.41, 5.74) is 5.22. The maximum atomic E-state index is 13.6. The topological polar surface area (TPSA) is 134 Å². The van der Waals surface area contributed by atoms with Crippen molar-refractivity contribution >= 4 is 23.3 Å². The predicted octanol–water partition coefficient (Wildman–Crippen LogP) is 4.62. The number of aromatic nitrogens is 3. The minimum Gasteiger partial charge on any atom is -0.379 e. The zero-order valence-electron chi connectivity index (χ0n) is 28.6. The van der Waals surface area contributed by atoms with Crippen LogP contribution in [0.2, 0.25) is 0 Å². The van der Waals surface area contributed by atoms with Gasteiger partial charge < -0.3 is 29.2 Å². The highest BCUT2D eigenvalue weighted by atomic mass is 16.6. The van der Waals surface area contributed by atoms with E-state index in [1.54, 1.807) is 4.90 Å². The Bertz CT molecular complexity index is 1490. The monoisotopic (exact) mass is 663 g/mol. The molecule has 260 valence electrons. The Morgan fingerprint density at radius 1 is 0.750 bits per heavy atom. The summed E-state index contributed by atoms with van der Waals surface area (Å²) >= 11 is 0. The van der Waals surface area contributed by atoms with Crippen molar-refractivity contribution in [3.63, 3.8) is 0 Å². The van der Waals surface area contributed by atoms with E-state index < -0.39 is 0 Å². The number of rotatable bonds is 20. The van der Waals surface area contributed by atoms with E-state index in [9.17, 15) is 14.4 Å². The van der Waals surface area contributed by atoms with Crippen molar-refractivity contribution in [3.05, 3.63) is 54.1 Å². The molecule has 1 N–H and O–H groups in total. The minimum atomic E-state index is -0.209. The number of Topliss-reactive ketones (excluding diaryl/α,β-unsaturated/α-hetero) is 1. The maximum absolute atomic E-state index is 13.6. The van der Waals surface area contributed by atoms with Crippen molar-refractivity contribution in [1.82, 2.24) is 20.3 Å². The van der Waals surface area contributed by atoms with E-state index in [4.69, 9.17) is 18.9 Å². The first-order valence-electron chi connectivity index (χ1n) is 16.8. The fourth-order valence-electron chi connectivity index (χ4n) is 5.29. The van der Waals surface area contributed by atoms with Crippen molar-refractivity contribution in [1.29, 1.82) is 0 Å². The van der Waals surface area contributed by atoms with Gasteiger partial charge in [-0.1, -0.05) is 61.5 Å². The van der Waals surface area contributed by atoms with Gasteiger partial charge in [0.05, 0.1) is 70.8 Å². The van der Waals surface area contributed by atoms with Crippen molar-refractivity contribution in [2.75, 3.05) is 64.3 Å². The maximum Gasteiger partial charge on any atom is 0.227 e. The van der Waals surface area contributed by atoms with Gasteiger partial charge in [-0.2, -0.15) is 0 Å². The van der Waals surface area contributed by atoms with E-state index in [0.29, 0.717) is 72.4 Å². The summed E-state index contributed by atoms with van der Waals surface area (Å²) < 4.78 is 23.8. The summed E-state index contributed by atoms with van der Waals surface area (Å²) in [7, 11) is 0. The molecule has 0 unspecified atom stereocenters. The van der Waals surface area contributed by atoms with E-state index in [0.717, 1.165) is 33.8 Å². The molecule has 0 saturated heterocycles. The fraction of sp³-hybridized carbons (Fsp3) is 0.528. The number of nitrogens with zero attached hydrogens (tertiary/aromatic N) is 4. The van der Waals surface area contributed by atoms with Crippen LogP contribution < -0.4 is 10.2 Å². The lowest BCUT2D eigenvalue weighted by molar-refractivity contribution is -0.125. The third-order valence-electron chi connectivity index (χ3n) is 7.92. The average molecular weight is 664 g/mol. The van der Waals surface area contributed by atoms with Gasteiger partial charge in [-0.25, -0.2) is 4.68 Å². The SMILES string of the molecule is CC(C)C(=O)CCOCCOCCOCCOCCNC(=O)CCC(=O)N1Cc2ccccc2-c2c(nnn2C(C)C)-c2ccccc21. The van der Waals surface area contributed by atoms with Crippen molar-refractivity contribution in [2.24, 2.45) is 5.92 Å². The number of ketones is 1. The number of para-hydroxylation sites is 1. The summed E-state index contributed by atoms with van der Waals surface area (Å²) in [6.45, 7) is 12.0. The Balaban J connectivity index is 1.14. The van der Waals surface area contributed by atoms with Crippen LogP contribution >= 0.6 is 0 Å². The molecule has 0 atom stereocenters. The molecule has 4 rings (SSSR count). The minimum absolute atomic E-state index is 0.0387. The molecular weight excluding hydrogens is 614 g/mol. The number of carbonyl (C=O) groups excluding carboxylic acids is 3. The molecule has 2 heterocycles. The van der Waals surface area contributed by atoms with Gasteiger partial charge in [-0.3, -0.25) is 14.4 Å². The standard InChI is InChI=1S/C36H49N5O7/c1-26(2)32(42)15-17-45-19-21-47-23-24-48-22-20-46-18-16-37-33(43)13-14-34(44)40-25-28-9-5-6-10-29(28)36-35(38-39-41(36)27(3)4)30-11-7-8-12-31(30)40/h5-12,26-27H,13-25H2,1-4H3,(H,37,43). The van der Waals surface area contributed by atoms with Crippen LogP contribution in [0.1, 0.15) is 58.6 Å². The summed E-state index contributed by atoms with van der Waals surface area (Å²) in [6, 6.07) is 15.9. The van der Waals surface area contributed by atoms with Gasteiger partial charge >= 0.3 is 0 Å². The van der Waals surface area contributed by atoms with Gasteiger partial charge in [0.15, 0.2) is 0 Å². The van der Waals surface area contributed by atoms with E-state index in [-0.39, 0.29) is 42.4 Å². The van der Waals surface area contributed by atoms with Crippen molar-refractivity contribution in [2.45, 2.75) is 59.5 Å². The van der Waals surface area contributed by atoms with Crippen LogP contribution in [0.15, 0.2) is 48.5 Å². The number of benzene rings is 2. The Hall–Kier alpha value is -3.97. The predicted molar refractivity (Wildman–Crippen MR) is 182 cm³/mol. The Labute approximate surface area is 283 Å². The van der Waals surface area contributed by atoms with Crippen molar-refractivity contribution < 1.29 is 33.3 Å². The number of amides is 2. The molecule has 3 aromatic rings. The van der Waals surface area contributed by atoms with Crippen LogP contribution in [-0.4, -0.2) is 92.0 Å². The highest BCUT2D eigenvalue weighted by molar-refractivity contribution is 6.01. The third-order valence-corrected chi connectivity index (χ3v) is 7.92. The molecule has 1 aliphatic rings. The quantitative estimate of drug-likeness (QED) is 0.172. The lowest BCUT2D eigenvalue weighted by atomic mass is 9.95. The molecule has 0 bridgehead atoms. The molecule has 2 aromatic carbocycles. The first kappa shape index (κ1) is 36.9. The molecular formula is C36H49N5O7. The molecule has 48 heavy (non-hydrogen) atoms. The second-order valence-corrected chi connectivity index (χ2v) is 12.1. The lowest BCUT2D eigenvalue weighted by Gasteiger charge is -2.28. The van der Waals surface area contributed by atoms with E-state index >= 15 is 0 Å². The molecule has 0 radical (unpaired) electrons. The zero-order chi connectivity index (χ0) is 34.3. The first-order chi connectivity index (χ1) is 23.3. The molecule has 12 nitrogen and oxygen atoms in total. The molecule has 0 spiro atoms. The lowest BCUT2D eigenvalue weighted by Crippen LogP contribution is -2.34. The number of hydrogen-bond donors (Lipinski definition) is 1. The molecule has 2 amide bonds. The van der Waals surface area contributed by atoms with Crippen LogP contribution in [-0.2, 0) is 39.9 Å². The fourth-order valence-corrected chi connectivity index (χ4v) is 5.29. The first-order valence-corrected chi connectivity index (χ1v) is 16.8. The average Bonchev–Trinajstić information content (AvgIpc) is 3.52. The van der Waals surface area contributed by atoms with Gasteiger partial charge in [0.2, 0.25) is 11.8 Å². The highest BCUT2D eigenvalue weighted by Gasteiger charge is 2.29. The van der Waals surface area contributed by atoms with Crippen LogP contribution in [0.4, 0.5) is 5.69 Å². The Morgan fingerprint density at radius 3 is 2.02 bits per heavy atom. The summed E-state index contributed by atoms with van der Waals surface area (Å²) in [5, 5.41) is 11.9. The second-order valence-electron chi connectivity index (χ2n) is 12.1. The van der Waals surface area contributed by atoms with Gasteiger partial charge in [0, 0.05) is 48.9 Å². The number of carbonyl (C=O) groups is 3. The zero-order valence-corrected chi connectivity index (χ0v) is 28.6. The second kappa shape index (κ2) is 19.1. The van der Waals surface area contributed by atoms with E-state index in [1.165, 1.54) is 0 Å². The normalized spacial score (nSPS) is 12.3. The van der Waals surface area contributed by atoms with Crippen LogP contribution in [0, 0.1) is 5.92 Å². The van der Waals surface area contributed by atoms with Crippen LogP contribution in [0.5, 0.6) is 0 Å². The third kappa shape index (κ3) is 10.5. The largest absolute Gasteiger partial charge is 0.379 e. The summed E-state index contributed by atoms with van der Waals surface area (Å²) in [4.78, 5) is 39.5. The molecule has 0 saturated carbocycles.